The summed E-state index contributed by atoms with van der Waals surface area (Å²) in [7, 11) is 0. The highest BCUT2D eigenvalue weighted by molar-refractivity contribution is 7.12. The van der Waals surface area contributed by atoms with Crippen LogP contribution in [-0.4, -0.2) is 55.5 Å². The van der Waals surface area contributed by atoms with E-state index < -0.39 is 6.03 Å². The Bertz CT molecular complexity index is 772. The van der Waals surface area contributed by atoms with Crippen LogP contribution in [0.15, 0.2) is 47.8 Å². The fourth-order valence-electron chi connectivity index (χ4n) is 2.98. The average molecular weight is 387 g/mol. The van der Waals surface area contributed by atoms with Gasteiger partial charge in [-0.3, -0.25) is 14.9 Å². The largest absolute Gasteiger partial charge is 0.334 e. The van der Waals surface area contributed by atoms with E-state index in [4.69, 9.17) is 0 Å². The number of thiophene rings is 1. The van der Waals surface area contributed by atoms with Crippen molar-refractivity contribution in [2.75, 3.05) is 32.7 Å². The van der Waals surface area contributed by atoms with Gasteiger partial charge >= 0.3 is 6.03 Å². The Morgan fingerprint density at radius 3 is 2.44 bits per heavy atom. The highest BCUT2D eigenvalue weighted by Gasteiger charge is 2.26. The van der Waals surface area contributed by atoms with Gasteiger partial charge < -0.3 is 15.1 Å². The lowest BCUT2D eigenvalue weighted by atomic mass is 10.2. The summed E-state index contributed by atoms with van der Waals surface area (Å²) < 4.78 is 0. The number of amides is 4. The first-order valence-electron chi connectivity index (χ1n) is 8.90. The van der Waals surface area contributed by atoms with Gasteiger partial charge in [0, 0.05) is 6.54 Å². The van der Waals surface area contributed by atoms with Gasteiger partial charge in [-0.25, -0.2) is 4.79 Å². The van der Waals surface area contributed by atoms with Crippen molar-refractivity contribution in [3.8, 4) is 0 Å². The van der Waals surface area contributed by atoms with Crippen LogP contribution in [0.5, 0.6) is 0 Å². The van der Waals surface area contributed by atoms with Crippen LogP contribution in [-0.2, 0) is 11.3 Å². The molecule has 0 spiro atoms. The van der Waals surface area contributed by atoms with Crippen molar-refractivity contribution in [2.24, 2.45) is 0 Å². The first-order chi connectivity index (χ1) is 13.1. The van der Waals surface area contributed by atoms with E-state index >= 15 is 0 Å². The van der Waals surface area contributed by atoms with Crippen molar-refractivity contribution in [1.82, 2.24) is 15.5 Å². The maximum atomic E-state index is 12.3. The third kappa shape index (κ3) is 5.63. The van der Waals surface area contributed by atoms with Gasteiger partial charge in [0.1, 0.15) is 0 Å². The quantitative estimate of drug-likeness (QED) is 0.681. The van der Waals surface area contributed by atoms with Crippen LogP contribution in [0.3, 0.4) is 0 Å². The Morgan fingerprint density at radius 1 is 1.04 bits per heavy atom. The van der Waals surface area contributed by atoms with E-state index in [0.717, 1.165) is 15.3 Å². The van der Waals surface area contributed by atoms with E-state index in [1.54, 1.807) is 0 Å². The molecule has 0 radical (unpaired) electrons. The minimum atomic E-state index is -0.491. The molecule has 1 saturated heterocycles. The van der Waals surface area contributed by atoms with Gasteiger partial charge in [0.05, 0.1) is 31.1 Å². The van der Waals surface area contributed by atoms with Crippen LogP contribution in [0.25, 0.3) is 0 Å². The molecular formula is C19H23N4O3S+. The summed E-state index contributed by atoms with van der Waals surface area (Å²) in [4.78, 5) is 39.8. The Balaban J connectivity index is 1.36. The number of imide groups is 1. The molecule has 1 aliphatic rings. The first kappa shape index (κ1) is 19.1. The monoisotopic (exact) mass is 387 g/mol. The summed E-state index contributed by atoms with van der Waals surface area (Å²) in [6.45, 7) is 3.20. The third-order valence-corrected chi connectivity index (χ3v) is 5.31. The highest BCUT2D eigenvalue weighted by Crippen LogP contribution is 2.11. The Hall–Kier alpha value is -2.71. The second-order valence-electron chi connectivity index (χ2n) is 6.41. The van der Waals surface area contributed by atoms with Crippen LogP contribution in [0, 0.1) is 0 Å². The standard InChI is InChI=1S/C19H22N4O3S/c24-17(21-19(26)20-13-15-5-2-1-3-6-15)14-22-8-10-23(11-9-22)18(25)16-7-4-12-27-16/h1-7,12H,8-11,13-14H2,(H2,20,21,24,26)/p+1. The molecule has 0 unspecified atom stereocenters. The Kier molecular flexibility index (Phi) is 6.56. The second kappa shape index (κ2) is 9.29. The van der Waals surface area contributed by atoms with Gasteiger partial charge in [-0.05, 0) is 17.0 Å². The molecule has 0 aliphatic carbocycles. The molecular weight excluding hydrogens is 364 g/mol. The molecule has 2 aromatic rings. The van der Waals surface area contributed by atoms with Crippen LogP contribution >= 0.6 is 11.3 Å². The summed E-state index contributed by atoms with van der Waals surface area (Å²) in [6, 6.07) is 12.7. The molecule has 142 valence electrons. The lowest BCUT2D eigenvalue weighted by Crippen LogP contribution is -3.15. The molecule has 1 aromatic carbocycles. The molecule has 1 aromatic heterocycles. The van der Waals surface area contributed by atoms with Crippen molar-refractivity contribution < 1.29 is 19.3 Å². The summed E-state index contributed by atoms with van der Waals surface area (Å²) in [5.41, 5.74) is 0.970. The lowest BCUT2D eigenvalue weighted by molar-refractivity contribution is -0.895. The molecule has 8 heteroatoms. The number of carbonyl (C=O) groups is 3. The average Bonchev–Trinajstić information content (AvgIpc) is 3.22. The zero-order valence-electron chi connectivity index (χ0n) is 14.9. The maximum absolute atomic E-state index is 12.3. The molecule has 3 N–H and O–H groups in total. The van der Waals surface area contributed by atoms with E-state index in [1.165, 1.54) is 11.3 Å². The number of nitrogens with one attached hydrogen (secondary N) is 3. The van der Waals surface area contributed by atoms with E-state index in [-0.39, 0.29) is 18.4 Å². The molecule has 7 nitrogen and oxygen atoms in total. The number of hydrogen-bond donors (Lipinski definition) is 3. The van der Waals surface area contributed by atoms with E-state index in [0.29, 0.717) is 32.7 Å². The van der Waals surface area contributed by atoms with Gasteiger partial charge in [0.15, 0.2) is 6.54 Å². The number of carbonyl (C=O) groups excluding carboxylic acids is 3. The molecule has 4 amide bonds. The topological polar surface area (TPSA) is 83.0 Å². The summed E-state index contributed by atoms with van der Waals surface area (Å²) in [5, 5.41) is 6.93. The lowest BCUT2D eigenvalue weighted by Gasteiger charge is -2.31. The number of nitrogens with zero attached hydrogens (tertiary/aromatic N) is 1. The molecule has 0 atom stereocenters. The minimum Gasteiger partial charge on any atom is -0.334 e. The molecule has 2 heterocycles. The summed E-state index contributed by atoms with van der Waals surface area (Å²) in [5.74, 6) is -0.262. The van der Waals surface area contributed by atoms with Crippen molar-refractivity contribution >= 4 is 29.2 Å². The van der Waals surface area contributed by atoms with E-state index in [1.807, 2.05) is 52.7 Å². The summed E-state index contributed by atoms with van der Waals surface area (Å²) >= 11 is 1.44. The van der Waals surface area contributed by atoms with Crippen LogP contribution < -0.4 is 15.5 Å². The van der Waals surface area contributed by atoms with E-state index in [2.05, 4.69) is 10.6 Å². The molecule has 0 bridgehead atoms. The zero-order valence-corrected chi connectivity index (χ0v) is 15.8. The number of benzene rings is 1. The predicted molar refractivity (Wildman–Crippen MR) is 103 cm³/mol. The van der Waals surface area contributed by atoms with Crippen LogP contribution in [0.1, 0.15) is 15.2 Å². The van der Waals surface area contributed by atoms with E-state index in [9.17, 15) is 14.4 Å². The highest BCUT2D eigenvalue weighted by atomic mass is 32.1. The van der Waals surface area contributed by atoms with Crippen LogP contribution in [0.2, 0.25) is 0 Å². The smallest absolute Gasteiger partial charge is 0.321 e. The zero-order chi connectivity index (χ0) is 19.1. The molecule has 1 aliphatic heterocycles. The minimum absolute atomic E-state index is 0.0498. The number of hydrogen-bond acceptors (Lipinski definition) is 4. The molecule has 1 fully saturated rings. The van der Waals surface area contributed by atoms with Crippen molar-refractivity contribution in [3.05, 3.63) is 58.3 Å². The van der Waals surface area contributed by atoms with Crippen LogP contribution in [0.4, 0.5) is 4.79 Å². The molecule has 0 saturated carbocycles. The number of quaternary nitrogens is 1. The Labute approximate surface area is 162 Å². The van der Waals surface area contributed by atoms with Crippen molar-refractivity contribution in [3.63, 3.8) is 0 Å². The fraction of sp³-hybridized carbons (Fsp3) is 0.316. The predicted octanol–water partition coefficient (Wildman–Crippen LogP) is 0.115. The van der Waals surface area contributed by atoms with Crippen molar-refractivity contribution in [1.29, 1.82) is 0 Å². The van der Waals surface area contributed by atoms with Gasteiger partial charge in [0.25, 0.3) is 11.8 Å². The van der Waals surface area contributed by atoms with Crippen molar-refractivity contribution in [2.45, 2.75) is 6.54 Å². The fourth-order valence-corrected chi connectivity index (χ4v) is 3.67. The second-order valence-corrected chi connectivity index (χ2v) is 7.36. The van der Waals surface area contributed by atoms with Gasteiger partial charge in [-0.2, -0.15) is 0 Å². The van der Waals surface area contributed by atoms with Gasteiger partial charge in [-0.1, -0.05) is 36.4 Å². The molecule has 3 rings (SSSR count). The third-order valence-electron chi connectivity index (χ3n) is 4.45. The van der Waals surface area contributed by atoms with Gasteiger partial charge in [-0.15, -0.1) is 11.3 Å². The Morgan fingerprint density at radius 2 is 1.78 bits per heavy atom. The number of piperazine rings is 1. The number of rotatable bonds is 5. The molecule has 27 heavy (non-hydrogen) atoms. The summed E-state index contributed by atoms with van der Waals surface area (Å²) in [6.07, 6.45) is 0. The SMILES string of the molecule is O=C(C[NH+]1CCN(C(=O)c2cccs2)CC1)NC(=O)NCc1ccccc1. The van der Waals surface area contributed by atoms with Gasteiger partial charge in [0.2, 0.25) is 0 Å². The normalized spacial score (nSPS) is 14.6. The first-order valence-corrected chi connectivity index (χ1v) is 9.78. The maximum Gasteiger partial charge on any atom is 0.321 e. The number of urea groups is 1.